The highest BCUT2D eigenvalue weighted by Crippen LogP contribution is 2.19. The summed E-state index contributed by atoms with van der Waals surface area (Å²) in [6, 6.07) is 10.0. The van der Waals surface area contributed by atoms with Gasteiger partial charge in [0, 0.05) is 12.8 Å². The zero-order chi connectivity index (χ0) is 11.1. The SMILES string of the molecule is C#CCCCC(C)(O)Cc1ccccc1. The maximum absolute atomic E-state index is 10.1. The van der Waals surface area contributed by atoms with Gasteiger partial charge in [0.1, 0.15) is 0 Å². The lowest BCUT2D eigenvalue weighted by Gasteiger charge is -2.22. The van der Waals surface area contributed by atoms with Crippen LogP contribution < -0.4 is 0 Å². The van der Waals surface area contributed by atoms with Crippen LogP contribution in [0.15, 0.2) is 30.3 Å². The number of unbranched alkanes of at least 4 members (excludes halogenated alkanes) is 1. The molecule has 0 amide bonds. The molecule has 0 aliphatic carbocycles. The zero-order valence-electron chi connectivity index (χ0n) is 9.24. The molecule has 1 rings (SSSR count). The molecule has 0 aliphatic rings. The van der Waals surface area contributed by atoms with Crippen LogP contribution in [0.4, 0.5) is 0 Å². The summed E-state index contributed by atoms with van der Waals surface area (Å²) in [5.74, 6) is 2.59. The molecule has 15 heavy (non-hydrogen) atoms. The molecular weight excluding hydrogens is 184 g/mol. The molecule has 0 saturated carbocycles. The van der Waals surface area contributed by atoms with Gasteiger partial charge in [-0.15, -0.1) is 12.3 Å². The van der Waals surface area contributed by atoms with E-state index < -0.39 is 5.60 Å². The number of rotatable bonds is 5. The fourth-order valence-electron chi connectivity index (χ4n) is 1.70. The highest BCUT2D eigenvalue weighted by Gasteiger charge is 2.19. The summed E-state index contributed by atoms with van der Waals surface area (Å²) in [5, 5.41) is 10.1. The third-order valence-electron chi connectivity index (χ3n) is 2.46. The minimum absolute atomic E-state index is 0.641. The predicted molar refractivity (Wildman–Crippen MR) is 63.5 cm³/mol. The Labute approximate surface area is 92.1 Å². The number of benzene rings is 1. The second-order valence-corrected chi connectivity index (χ2v) is 4.22. The van der Waals surface area contributed by atoms with Gasteiger partial charge in [0.2, 0.25) is 0 Å². The van der Waals surface area contributed by atoms with Gasteiger partial charge < -0.3 is 5.11 Å². The lowest BCUT2D eigenvalue weighted by molar-refractivity contribution is 0.0496. The van der Waals surface area contributed by atoms with Crippen LogP contribution in [0.25, 0.3) is 0 Å². The van der Waals surface area contributed by atoms with Crippen LogP contribution >= 0.6 is 0 Å². The summed E-state index contributed by atoms with van der Waals surface area (Å²) in [6.07, 6.45) is 8.25. The van der Waals surface area contributed by atoms with Crippen molar-refractivity contribution < 1.29 is 5.11 Å². The Morgan fingerprint density at radius 2 is 2.00 bits per heavy atom. The second kappa shape index (κ2) is 5.58. The number of terminal acetylenes is 1. The van der Waals surface area contributed by atoms with Gasteiger partial charge in [-0.25, -0.2) is 0 Å². The standard InChI is InChI=1S/C14H18O/c1-3-4-8-11-14(2,15)12-13-9-6-5-7-10-13/h1,5-7,9-10,15H,4,8,11-12H2,2H3. The number of hydrogen-bond acceptors (Lipinski definition) is 1. The van der Waals surface area contributed by atoms with Gasteiger partial charge in [-0.05, 0) is 25.3 Å². The van der Waals surface area contributed by atoms with Gasteiger partial charge in [0.25, 0.3) is 0 Å². The molecule has 0 aromatic heterocycles. The van der Waals surface area contributed by atoms with Crippen molar-refractivity contribution in [1.82, 2.24) is 0 Å². The third-order valence-corrected chi connectivity index (χ3v) is 2.46. The Morgan fingerprint density at radius 3 is 2.60 bits per heavy atom. The van der Waals surface area contributed by atoms with E-state index in [9.17, 15) is 5.11 Å². The first kappa shape index (κ1) is 11.8. The van der Waals surface area contributed by atoms with E-state index in [1.165, 1.54) is 5.56 Å². The fraction of sp³-hybridized carbons (Fsp3) is 0.429. The van der Waals surface area contributed by atoms with Gasteiger partial charge in [-0.1, -0.05) is 30.3 Å². The Bertz CT molecular complexity index is 319. The fourth-order valence-corrected chi connectivity index (χ4v) is 1.70. The van der Waals surface area contributed by atoms with E-state index in [1.54, 1.807) is 0 Å². The van der Waals surface area contributed by atoms with Crippen LogP contribution in [0.1, 0.15) is 31.7 Å². The van der Waals surface area contributed by atoms with Crippen molar-refractivity contribution in [2.45, 2.75) is 38.2 Å². The first-order valence-corrected chi connectivity index (χ1v) is 5.34. The molecule has 1 unspecified atom stereocenters. The first-order chi connectivity index (χ1) is 7.14. The van der Waals surface area contributed by atoms with Crippen molar-refractivity contribution in [2.75, 3.05) is 0 Å². The van der Waals surface area contributed by atoms with Crippen LogP contribution in [-0.2, 0) is 6.42 Å². The summed E-state index contributed by atoms with van der Waals surface area (Å²) in [7, 11) is 0. The van der Waals surface area contributed by atoms with Gasteiger partial charge >= 0.3 is 0 Å². The highest BCUT2D eigenvalue weighted by molar-refractivity contribution is 5.16. The summed E-state index contributed by atoms with van der Waals surface area (Å²) in [6.45, 7) is 1.87. The largest absolute Gasteiger partial charge is 0.390 e. The molecule has 1 N–H and O–H groups in total. The average molecular weight is 202 g/mol. The third kappa shape index (κ3) is 4.67. The molecule has 0 radical (unpaired) electrons. The van der Waals surface area contributed by atoms with Gasteiger partial charge in [0.15, 0.2) is 0 Å². The van der Waals surface area contributed by atoms with E-state index in [0.29, 0.717) is 6.42 Å². The van der Waals surface area contributed by atoms with E-state index in [4.69, 9.17) is 6.42 Å². The molecule has 1 aromatic rings. The molecule has 0 spiro atoms. The smallest absolute Gasteiger partial charge is 0.0660 e. The van der Waals surface area contributed by atoms with Crippen molar-refractivity contribution in [1.29, 1.82) is 0 Å². The Morgan fingerprint density at radius 1 is 1.33 bits per heavy atom. The molecule has 1 heteroatoms. The molecule has 1 aromatic carbocycles. The maximum atomic E-state index is 10.1. The lowest BCUT2D eigenvalue weighted by Crippen LogP contribution is -2.26. The van der Waals surface area contributed by atoms with Gasteiger partial charge in [0.05, 0.1) is 5.60 Å². The van der Waals surface area contributed by atoms with Crippen LogP contribution in [0.3, 0.4) is 0 Å². The predicted octanol–water partition coefficient (Wildman–Crippen LogP) is 2.78. The van der Waals surface area contributed by atoms with E-state index in [1.807, 2.05) is 37.3 Å². The monoisotopic (exact) mass is 202 g/mol. The Kier molecular flexibility index (Phi) is 4.39. The molecule has 80 valence electrons. The molecule has 1 nitrogen and oxygen atoms in total. The van der Waals surface area contributed by atoms with Crippen LogP contribution in [-0.4, -0.2) is 10.7 Å². The molecule has 0 fully saturated rings. The second-order valence-electron chi connectivity index (χ2n) is 4.22. The topological polar surface area (TPSA) is 20.2 Å². The van der Waals surface area contributed by atoms with Gasteiger partial charge in [-0.3, -0.25) is 0 Å². The molecular formula is C14H18O. The zero-order valence-corrected chi connectivity index (χ0v) is 9.24. The van der Waals surface area contributed by atoms with Crippen molar-refractivity contribution in [3.8, 4) is 12.3 Å². The summed E-state index contributed by atoms with van der Waals surface area (Å²) < 4.78 is 0. The van der Waals surface area contributed by atoms with Crippen LogP contribution in [0.5, 0.6) is 0 Å². The highest BCUT2D eigenvalue weighted by atomic mass is 16.3. The van der Waals surface area contributed by atoms with Crippen molar-refractivity contribution >= 4 is 0 Å². The van der Waals surface area contributed by atoms with Crippen molar-refractivity contribution in [3.05, 3.63) is 35.9 Å². The molecule has 0 saturated heterocycles. The lowest BCUT2D eigenvalue weighted by atomic mass is 9.91. The molecule has 0 bridgehead atoms. The summed E-state index contributed by atoms with van der Waals surface area (Å²) >= 11 is 0. The average Bonchev–Trinajstić information content (AvgIpc) is 2.18. The van der Waals surface area contributed by atoms with Gasteiger partial charge in [-0.2, -0.15) is 0 Å². The van der Waals surface area contributed by atoms with E-state index >= 15 is 0 Å². The van der Waals surface area contributed by atoms with E-state index in [2.05, 4.69) is 5.92 Å². The van der Waals surface area contributed by atoms with Crippen molar-refractivity contribution in [2.24, 2.45) is 0 Å². The van der Waals surface area contributed by atoms with E-state index in [0.717, 1.165) is 19.3 Å². The van der Waals surface area contributed by atoms with E-state index in [-0.39, 0.29) is 0 Å². The molecule has 0 heterocycles. The van der Waals surface area contributed by atoms with Crippen LogP contribution in [0.2, 0.25) is 0 Å². The number of aliphatic hydroxyl groups is 1. The summed E-state index contributed by atoms with van der Waals surface area (Å²) in [5.41, 5.74) is 0.529. The van der Waals surface area contributed by atoms with Crippen LogP contribution in [0, 0.1) is 12.3 Å². The maximum Gasteiger partial charge on any atom is 0.0660 e. The first-order valence-electron chi connectivity index (χ1n) is 5.34. The normalized spacial score (nSPS) is 14.2. The minimum Gasteiger partial charge on any atom is -0.390 e. The number of hydrogen-bond donors (Lipinski definition) is 1. The minimum atomic E-state index is -0.641. The van der Waals surface area contributed by atoms with Crippen molar-refractivity contribution in [3.63, 3.8) is 0 Å². The Balaban J connectivity index is 2.46. The quantitative estimate of drug-likeness (QED) is 0.575. The molecule has 1 atom stereocenters. The summed E-state index contributed by atoms with van der Waals surface area (Å²) in [4.78, 5) is 0. The Hall–Kier alpha value is -1.26. The molecule has 0 aliphatic heterocycles.